The molecule has 1 aliphatic carbocycles. The maximum absolute atomic E-state index is 4.81. The van der Waals surface area contributed by atoms with Crippen molar-refractivity contribution >= 4 is 5.82 Å². The smallest absolute Gasteiger partial charge is 0.162 e. The minimum absolute atomic E-state index is 0.639. The van der Waals surface area contributed by atoms with E-state index in [2.05, 4.69) is 50.4 Å². The monoisotopic (exact) mass is 281 g/mol. The van der Waals surface area contributed by atoms with Crippen LogP contribution in [-0.2, 0) is 0 Å². The molecule has 1 aromatic heterocycles. The van der Waals surface area contributed by atoms with E-state index in [1.54, 1.807) is 0 Å². The number of hydrogen-bond donors (Lipinski definition) is 1. The predicted octanol–water partition coefficient (Wildman–Crippen LogP) is 4.46. The summed E-state index contributed by atoms with van der Waals surface area (Å²) in [7, 11) is 0. The van der Waals surface area contributed by atoms with Crippen LogP contribution in [0.1, 0.15) is 48.9 Å². The van der Waals surface area contributed by atoms with Crippen LogP contribution in [-0.4, -0.2) is 16.5 Å². The Morgan fingerprint density at radius 1 is 1.14 bits per heavy atom. The van der Waals surface area contributed by atoms with Crippen LogP contribution >= 0.6 is 0 Å². The Morgan fingerprint density at radius 2 is 1.95 bits per heavy atom. The van der Waals surface area contributed by atoms with E-state index in [4.69, 9.17) is 9.97 Å². The highest BCUT2D eigenvalue weighted by Gasteiger charge is 2.26. The van der Waals surface area contributed by atoms with Crippen LogP contribution in [0.5, 0.6) is 0 Å². The van der Waals surface area contributed by atoms with Crippen LogP contribution in [0.4, 0.5) is 5.82 Å². The lowest BCUT2D eigenvalue weighted by Gasteiger charge is -2.11. The number of nitrogens with one attached hydrogen (secondary N) is 1. The summed E-state index contributed by atoms with van der Waals surface area (Å²) in [6, 6.07) is 8.59. The molecule has 0 unspecified atom stereocenters. The Labute approximate surface area is 126 Å². The predicted molar refractivity (Wildman–Crippen MR) is 87.7 cm³/mol. The second kappa shape index (κ2) is 5.84. The Kier molecular flexibility index (Phi) is 3.91. The van der Waals surface area contributed by atoms with Crippen LogP contribution < -0.4 is 5.32 Å². The molecule has 1 aromatic carbocycles. The van der Waals surface area contributed by atoms with Gasteiger partial charge >= 0.3 is 0 Å². The van der Waals surface area contributed by atoms with E-state index in [9.17, 15) is 0 Å². The van der Waals surface area contributed by atoms with E-state index in [1.807, 2.05) is 0 Å². The molecule has 110 valence electrons. The maximum Gasteiger partial charge on any atom is 0.162 e. The third-order valence-corrected chi connectivity index (χ3v) is 3.92. The highest BCUT2D eigenvalue weighted by Crippen LogP contribution is 2.40. The van der Waals surface area contributed by atoms with Gasteiger partial charge in [-0.1, -0.05) is 30.7 Å². The lowest BCUT2D eigenvalue weighted by atomic mass is 10.0. The van der Waals surface area contributed by atoms with Gasteiger partial charge in [0.05, 0.1) is 0 Å². The fourth-order valence-corrected chi connectivity index (χ4v) is 2.58. The molecular weight excluding hydrogens is 258 g/mol. The van der Waals surface area contributed by atoms with Gasteiger partial charge in [-0.05, 0) is 38.7 Å². The highest BCUT2D eigenvalue weighted by atomic mass is 15.0. The molecule has 2 aromatic rings. The lowest BCUT2D eigenvalue weighted by molar-refractivity contribution is 0.947. The summed E-state index contributed by atoms with van der Waals surface area (Å²) < 4.78 is 0. The first kappa shape index (κ1) is 14.1. The van der Waals surface area contributed by atoms with Gasteiger partial charge in [0.25, 0.3) is 0 Å². The molecule has 0 amide bonds. The van der Waals surface area contributed by atoms with Gasteiger partial charge in [0.2, 0.25) is 0 Å². The van der Waals surface area contributed by atoms with E-state index in [-0.39, 0.29) is 0 Å². The first-order valence-corrected chi connectivity index (χ1v) is 7.88. The van der Waals surface area contributed by atoms with Crippen molar-refractivity contribution < 1.29 is 0 Å². The normalized spacial score (nSPS) is 14.2. The molecular formula is C18H23N3. The van der Waals surface area contributed by atoms with Crippen LogP contribution in [0.2, 0.25) is 0 Å². The van der Waals surface area contributed by atoms with Gasteiger partial charge in [0.15, 0.2) is 5.82 Å². The molecule has 3 heteroatoms. The minimum Gasteiger partial charge on any atom is -0.370 e. The van der Waals surface area contributed by atoms with E-state index < -0.39 is 0 Å². The lowest BCUT2D eigenvalue weighted by Crippen LogP contribution is -2.05. The Hall–Kier alpha value is -1.90. The summed E-state index contributed by atoms with van der Waals surface area (Å²) >= 11 is 0. The van der Waals surface area contributed by atoms with Crippen molar-refractivity contribution in [1.29, 1.82) is 0 Å². The highest BCUT2D eigenvalue weighted by molar-refractivity contribution is 5.62. The van der Waals surface area contributed by atoms with Gasteiger partial charge < -0.3 is 5.32 Å². The zero-order valence-electron chi connectivity index (χ0n) is 13.1. The molecule has 3 nitrogen and oxygen atoms in total. The summed E-state index contributed by atoms with van der Waals surface area (Å²) in [5.41, 5.74) is 4.85. The van der Waals surface area contributed by atoms with Gasteiger partial charge in [-0.25, -0.2) is 9.97 Å². The molecule has 0 aliphatic heterocycles. The largest absolute Gasteiger partial charge is 0.370 e. The van der Waals surface area contributed by atoms with Crippen LogP contribution in [0.3, 0.4) is 0 Å². The van der Waals surface area contributed by atoms with E-state index in [1.165, 1.54) is 29.7 Å². The maximum atomic E-state index is 4.81. The molecule has 0 atom stereocenters. The number of hydrogen-bond acceptors (Lipinski definition) is 3. The SMILES string of the molecule is CCCNc1cc(C2CC2)nc(-c2ccc(C)cc2C)n1. The van der Waals surface area contributed by atoms with Crippen LogP contribution in [0, 0.1) is 13.8 Å². The second-order valence-electron chi connectivity index (χ2n) is 6.02. The van der Waals surface area contributed by atoms with Gasteiger partial charge in [-0.15, -0.1) is 0 Å². The van der Waals surface area contributed by atoms with Crippen molar-refractivity contribution in [3.8, 4) is 11.4 Å². The molecule has 3 rings (SSSR count). The number of aromatic nitrogens is 2. The summed E-state index contributed by atoms with van der Waals surface area (Å²) in [5.74, 6) is 2.46. The molecule has 0 saturated heterocycles. The zero-order chi connectivity index (χ0) is 14.8. The van der Waals surface area contributed by atoms with Gasteiger partial charge in [-0.2, -0.15) is 0 Å². The van der Waals surface area contributed by atoms with Crippen molar-refractivity contribution in [3.63, 3.8) is 0 Å². The number of nitrogens with zero attached hydrogens (tertiary/aromatic N) is 2. The third kappa shape index (κ3) is 3.23. The minimum atomic E-state index is 0.639. The Balaban J connectivity index is 2.01. The molecule has 0 radical (unpaired) electrons. The fraction of sp³-hybridized carbons (Fsp3) is 0.444. The Bertz CT molecular complexity index is 645. The first-order valence-electron chi connectivity index (χ1n) is 7.88. The fourth-order valence-electron chi connectivity index (χ4n) is 2.58. The number of anilines is 1. The number of rotatable bonds is 5. The molecule has 1 aliphatic rings. The molecule has 1 heterocycles. The van der Waals surface area contributed by atoms with Crippen molar-refractivity contribution in [1.82, 2.24) is 9.97 Å². The van der Waals surface area contributed by atoms with Gasteiger partial charge in [0.1, 0.15) is 5.82 Å². The average Bonchev–Trinajstić information content (AvgIpc) is 3.29. The molecule has 1 fully saturated rings. The van der Waals surface area contributed by atoms with Gasteiger partial charge in [0, 0.05) is 29.8 Å². The molecule has 1 saturated carbocycles. The van der Waals surface area contributed by atoms with Crippen molar-refractivity contribution in [2.45, 2.75) is 46.0 Å². The van der Waals surface area contributed by atoms with Crippen molar-refractivity contribution in [3.05, 3.63) is 41.1 Å². The average molecular weight is 281 g/mol. The summed E-state index contributed by atoms with van der Waals surface area (Å²) in [6.07, 6.45) is 3.62. The molecule has 1 N–H and O–H groups in total. The molecule has 0 bridgehead atoms. The molecule has 0 spiro atoms. The number of benzene rings is 1. The zero-order valence-corrected chi connectivity index (χ0v) is 13.1. The van der Waals surface area contributed by atoms with Crippen molar-refractivity contribution in [2.75, 3.05) is 11.9 Å². The van der Waals surface area contributed by atoms with E-state index >= 15 is 0 Å². The summed E-state index contributed by atoms with van der Waals surface area (Å²) in [4.78, 5) is 9.53. The van der Waals surface area contributed by atoms with E-state index in [0.29, 0.717) is 5.92 Å². The quantitative estimate of drug-likeness (QED) is 0.879. The Morgan fingerprint density at radius 3 is 2.62 bits per heavy atom. The second-order valence-corrected chi connectivity index (χ2v) is 6.02. The molecule has 21 heavy (non-hydrogen) atoms. The number of aryl methyl sites for hydroxylation is 2. The van der Waals surface area contributed by atoms with Crippen LogP contribution in [0.25, 0.3) is 11.4 Å². The van der Waals surface area contributed by atoms with Crippen LogP contribution in [0.15, 0.2) is 24.3 Å². The van der Waals surface area contributed by atoms with Gasteiger partial charge in [-0.3, -0.25) is 0 Å². The summed E-state index contributed by atoms with van der Waals surface area (Å²) in [6.45, 7) is 7.37. The summed E-state index contributed by atoms with van der Waals surface area (Å²) in [5, 5.41) is 3.41. The van der Waals surface area contributed by atoms with Crippen molar-refractivity contribution in [2.24, 2.45) is 0 Å². The third-order valence-electron chi connectivity index (χ3n) is 3.92. The standard InChI is InChI=1S/C18H23N3/c1-4-9-19-17-11-16(14-6-7-14)20-18(21-17)15-8-5-12(2)10-13(15)3/h5,8,10-11,14H,4,6-7,9H2,1-3H3,(H,19,20,21). The first-order chi connectivity index (χ1) is 10.2. The van der Waals surface area contributed by atoms with E-state index in [0.717, 1.165) is 30.2 Å². The topological polar surface area (TPSA) is 37.8 Å².